The summed E-state index contributed by atoms with van der Waals surface area (Å²) in [7, 11) is 0. The molecule has 1 aliphatic rings. The molecule has 0 N–H and O–H groups in total. The Balaban J connectivity index is 1.62. The van der Waals surface area contributed by atoms with E-state index in [1.807, 2.05) is 13.0 Å². The molecule has 0 bridgehead atoms. The van der Waals surface area contributed by atoms with Crippen molar-refractivity contribution in [2.45, 2.75) is 13.3 Å². The first-order valence-electron chi connectivity index (χ1n) is 7.29. The smallest absolute Gasteiger partial charge is 0.312 e. The number of aryl methyl sites for hydroxylation is 1. The highest BCUT2D eigenvalue weighted by molar-refractivity contribution is 6.21. The maximum absolute atomic E-state index is 12.2. The fraction of sp³-hybridized carbons (Fsp3) is 0.167. The van der Waals surface area contributed by atoms with E-state index in [2.05, 4.69) is 0 Å². The van der Waals surface area contributed by atoms with Crippen molar-refractivity contribution in [3.05, 3.63) is 65.2 Å². The van der Waals surface area contributed by atoms with Crippen molar-refractivity contribution in [3.8, 4) is 5.75 Å². The van der Waals surface area contributed by atoms with Gasteiger partial charge in [0.1, 0.15) is 5.75 Å². The number of nitrogens with zero attached hydrogens (tertiary/aromatic N) is 1. The Kier molecular flexibility index (Phi) is 3.93. The topological polar surface area (TPSA) is 63.7 Å². The quantitative estimate of drug-likeness (QED) is 0.495. The molecule has 0 aliphatic carbocycles. The van der Waals surface area contributed by atoms with Crippen molar-refractivity contribution in [3.63, 3.8) is 0 Å². The Morgan fingerprint density at radius 3 is 2.26 bits per heavy atom. The number of ether oxygens (including phenoxy) is 1. The van der Waals surface area contributed by atoms with Crippen LogP contribution in [0.2, 0.25) is 0 Å². The standard InChI is InChI=1S/C18H15NO4/c1-12-5-4-6-13(11-12)23-16(20)9-10-19-17(21)14-7-2-3-8-15(14)18(19)22/h2-8,11H,9-10H2,1H3. The molecule has 0 atom stereocenters. The van der Waals surface area contributed by atoms with E-state index in [0.29, 0.717) is 16.9 Å². The van der Waals surface area contributed by atoms with Crippen molar-refractivity contribution >= 4 is 17.8 Å². The highest BCUT2D eigenvalue weighted by Gasteiger charge is 2.35. The molecule has 0 radical (unpaired) electrons. The molecule has 0 saturated carbocycles. The molecule has 0 saturated heterocycles. The SMILES string of the molecule is Cc1cccc(OC(=O)CCN2C(=O)c3ccccc3C2=O)c1. The van der Waals surface area contributed by atoms with E-state index >= 15 is 0 Å². The van der Waals surface area contributed by atoms with Crippen LogP contribution < -0.4 is 4.74 Å². The monoisotopic (exact) mass is 309 g/mol. The van der Waals surface area contributed by atoms with Gasteiger partial charge in [-0.05, 0) is 36.8 Å². The summed E-state index contributed by atoms with van der Waals surface area (Å²) >= 11 is 0. The molecule has 3 rings (SSSR count). The normalized spacial score (nSPS) is 13.2. The second-order valence-corrected chi connectivity index (χ2v) is 5.35. The zero-order valence-corrected chi connectivity index (χ0v) is 12.6. The van der Waals surface area contributed by atoms with Crippen LogP contribution in [0.5, 0.6) is 5.75 Å². The number of carbonyl (C=O) groups is 3. The van der Waals surface area contributed by atoms with Gasteiger partial charge in [-0.3, -0.25) is 19.3 Å². The highest BCUT2D eigenvalue weighted by Crippen LogP contribution is 2.22. The van der Waals surface area contributed by atoms with Crippen LogP contribution in [-0.2, 0) is 4.79 Å². The molecule has 0 aromatic heterocycles. The molecular weight excluding hydrogens is 294 g/mol. The number of rotatable bonds is 4. The summed E-state index contributed by atoms with van der Waals surface area (Å²) in [6, 6.07) is 13.8. The van der Waals surface area contributed by atoms with Crippen LogP contribution in [0.4, 0.5) is 0 Å². The van der Waals surface area contributed by atoms with E-state index in [9.17, 15) is 14.4 Å². The predicted octanol–water partition coefficient (Wildman–Crippen LogP) is 2.59. The second kappa shape index (κ2) is 6.04. The van der Waals surface area contributed by atoms with E-state index in [-0.39, 0.29) is 24.8 Å². The van der Waals surface area contributed by atoms with Crippen molar-refractivity contribution < 1.29 is 19.1 Å². The summed E-state index contributed by atoms with van der Waals surface area (Å²) in [4.78, 5) is 37.3. The van der Waals surface area contributed by atoms with Gasteiger partial charge in [-0.1, -0.05) is 24.3 Å². The van der Waals surface area contributed by atoms with Gasteiger partial charge in [0, 0.05) is 6.54 Å². The number of imide groups is 1. The first-order chi connectivity index (χ1) is 11.1. The largest absolute Gasteiger partial charge is 0.426 e. The average molecular weight is 309 g/mol. The van der Waals surface area contributed by atoms with Gasteiger partial charge in [-0.2, -0.15) is 0 Å². The fourth-order valence-electron chi connectivity index (χ4n) is 2.51. The molecule has 23 heavy (non-hydrogen) atoms. The zero-order chi connectivity index (χ0) is 16.4. The molecule has 2 aromatic carbocycles. The minimum Gasteiger partial charge on any atom is -0.426 e. The van der Waals surface area contributed by atoms with E-state index in [1.165, 1.54) is 0 Å². The Morgan fingerprint density at radius 1 is 1.00 bits per heavy atom. The Morgan fingerprint density at radius 2 is 1.65 bits per heavy atom. The Bertz CT molecular complexity index is 762. The lowest BCUT2D eigenvalue weighted by atomic mass is 10.1. The van der Waals surface area contributed by atoms with Crippen LogP contribution in [0.3, 0.4) is 0 Å². The van der Waals surface area contributed by atoms with Gasteiger partial charge in [0.15, 0.2) is 0 Å². The number of amides is 2. The molecule has 0 unspecified atom stereocenters. The summed E-state index contributed by atoms with van der Waals surface area (Å²) in [6.07, 6.45) is -0.0423. The van der Waals surface area contributed by atoms with Gasteiger partial charge >= 0.3 is 5.97 Å². The van der Waals surface area contributed by atoms with E-state index in [1.54, 1.807) is 42.5 Å². The van der Waals surface area contributed by atoms with Gasteiger partial charge in [0.05, 0.1) is 17.5 Å². The summed E-state index contributed by atoms with van der Waals surface area (Å²) < 4.78 is 5.21. The van der Waals surface area contributed by atoms with Gasteiger partial charge in [-0.25, -0.2) is 0 Å². The van der Waals surface area contributed by atoms with Gasteiger partial charge in [0.2, 0.25) is 0 Å². The summed E-state index contributed by atoms with van der Waals surface area (Å²) in [6.45, 7) is 1.91. The number of carbonyl (C=O) groups excluding carboxylic acids is 3. The first kappa shape index (κ1) is 15.0. The van der Waals surface area contributed by atoms with Crippen LogP contribution in [0.25, 0.3) is 0 Å². The highest BCUT2D eigenvalue weighted by atomic mass is 16.5. The number of benzene rings is 2. The van der Waals surface area contributed by atoms with E-state index in [4.69, 9.17) is 4.74 Å². The second-order valence-electron chi connectivity index (χ2n) is 5.35. The fourth-order valence-corrected chi connectivity index (χ4v) is 2.51. The summed E-state index contributed by atoms with van der Waals surface area (Å²) in [5.41, 5.74) is 1.74. The third-order valence-electron chi connectivity index (χ3n) is 3.64. The third kappa shape index (κ3) is 2.99. The van der Waals surface area contributed by atoms with Gasteiger partial charge in [-0.15, -0.1) is 0 Å². The molecule has 116 valence electrons. The molecule has 0 fully saturated rings. The number of hydrogen-bond acceptors (Lipinski definition) is 4. The van der Waals surface area contributed by atoms with Crippen molar-refractivity contribution in [1.82, 2.24) is 4.90 Å². The molecule has 5 nitrogen and oxygen atoms in total. The average Bonchev–Trinajstić information content (AvgIpc) is 2.77. The van der Waals surface area contributed by atoms with Crippen LogP contribution in [-0.4, -0.2) is 29.2 Å². The third-order valence-corrected chi connectivity index (χ3v) is 3.64. The maximum Gasteiger partial charge on any atom is 0.312 e. The minimum atomic E-state index is -0.479. The molecule has 5 heteroatoms. The summed E-state index contributed by atoms with van der Waals surface area (Å²) in [5, 5.41) is 0. The predicted molar refractivity (Wildman–Crippen MR) is 83.2 cm³/mol. The van der Waals surface area contributed by atoms with Crippen molar-refractivity contribution in [2.75, 3.05) is 6.54 Å². The van der Waals surface area contributed by atoms with Crippen molar-refractivity contribution in [1.29, 1.82) is 0 Å². The first-order valence-corrected chi connectivity index (χ1v) is 7.29. The molecule has 0 spiro atoms. The van der Waals surface area contributed by atoms with Crippen LogP contribution in [0.15, 0.2) is 48.5 Å². The van der Waals surface area contributed by atoms with Crippen LogP contribution in [0.1, 0.15) is 32.7 Å². The molecule has 1 aliphatic heterocycles. The van der Waals surface area contributed by atoms with Gasteiger partial charge in [0.25, 0.3) is 11.8 Å². The lowest BCUT2D eigenvalue weighted by Gasteiger charge is -2.13. The van der Waals surface area contributed by atoms with Crippen LogP contribution in [0, 0.1) is 6.92 Å². The number of hydrogen-bond donors (Lipinski definition) is 0. The lowest BCUT2D eigenvalue weighted by Crippen LogP contribution is -2.32. The van der Waals surface area contributed by atoms with E-state index in [0.717, 1.165) is 10.5 Å². The molecule has 1 heterocycles. The zero-order valence-electron chi connectivity index (χ0n) is 12.6. The van der Waals surface area contributed by atoms with Crippen molar-refractivity contribution in [2.24, 2.45) is 0 Å². The Hall–Kier alpha value is -2.95. The maximum atomic E-state index is 12.2. The van der Waals surface area contributed by atoms with Gasteiger partial charge < -0.3 is 4.74 Å². The molecule has 2 amide bonds. The van der Waals surface area contributed by atoms with E-state index < -0.39 is 5.97 Å². The number of esters is 1. The molecular formula is C18H15NO4. The Labute approximate surface area is 133 Å². The minimum absolute atomic E-state index is 0.0109. The summed E-state index contributed by atoms with van der Waals surface area (Å²) in [5.74, 6) is -0.757. The lowest BCUT2D eigenvalue weighted by molar-refractivity contribution is -0.134. The number of fused-ring (bicyclic) bond motifs is 1. The molecule has 2 aromatic rings. The van der Waals surface area contributed by atoms with Crippen LogP contribution >= 0.6 is 0 Å².